The van der Waals surface area contributed by atoms with Crippen LogP contribution in [0.5, 0.6) is 0 Å². The van der Waals surface area contributed by atoms with E-state index in [-0.39, 0.29) is 10.6 Å². The highest BCUT2D eigenvalue weighted by Gasteiger charge is 2.20. The normalized spacial score (nSPS) is 18.2. The predicted molar refractivity (Wildman–Crippen MR) is 88.2 cm³/mol. The Morgan fingerprint density at radius 1 is 1.09 bits per heavy atom. The molecule has 0 bridgehead atoms. The molecular weight excluding hydrogens is 276 g/mol. The van der Waals surface area contributed by atoms with E-state index in [9.17, 15) is 10.1 Å². The molecule has 1 aliphatic heterocycles. The van der Waals surface area contributed by atoms with Gasteiger partial charge in [-0.05, 0) is 42.9 Å². The molecule has 0 radical (unpaired) electrons. The van der Waals surface area contributed by atoms with Crippen LogP contribution in [0.1, 0.15) is 18.4 Å². The number of non-ortho nitro benzene ring substituents is 1. The fourth-order valence-electron chi connectivity index (χ4n) is 3.20. The topological polar surface area (TPSA) is 46.4 Å². The minimum absolute atomic E-state index is 0.154. The van der Waals surface area contributed by atoms with Crippen LogP contribution in [0.4, 0.5) is 11.4 Å². The molecule has 1 saturated heterocycles. The van der Waals surface area contributed by atoms with E-state index in [1.54, 1.807) is 12.1 Å². The van der Waals surface area contributed by atoms with Crippen molar-refractivity contribution < 1.29 is 4.92 Å². The van der Waals surface area contributed by atoms with Crippen molar-refractivity contribution in [3.05, 3.63) is 70.3 Å². The maximum absolute atomic E-state index is 10.7. The number of nitro benzene ring substituents is 1. The molecule has 2 aromatic carbocycles. The molecule has 0 amide bonds. The summed E-state index contributed by atoms with van der Waals surface area (Å²) < 4.78 is 0. The molecule has 0 aromatic heterocycles. The summed E-state index contributed by atoms with van der Waals surface area (Å²) >= 11 is 0. The van der Waals surface area contributed by atoms with E-state index in [2.05, 4.69) is 29.2 Å². The second kappa shape index (κ2) is 6.60. The van der Waals surface area contributed by atoms with E-state index in [0.29, 0.717) is 5.92 Å². The van der Waals surface area contributed by atoms with Crippen LogP contribution < -0.4 is 4.90 Å². The summed E-state index contributed by atoms with van der Waals surface area (Å²) in [6.07, 6.45) is 3.52. The van der Waals surface area contributed by atoms with E-state index in [4.69, 9.17) is 0 Å². The van der Waals surface area contributed by atoms with Crippen molar-refractivity contribution in [1.82, 2.24) is 0 Å². The third kappa shape index (κ3) is 3.45. The van der Waals surface area contributed by atoms with E-state index in [1.165, 1.54) is 18.4 Å². The Kier molecular flexibility index (Phi) is 4.37. The quantitative estimate of drug-likeness (QED) is 0.631. The molecule has 0 aliphatic carbocycles. The van der Waals surface area contributed by atoms with Crippen molar-refractivity contribution in [2.75, 3.05) is 18.0 Å². The Hall–Kier alpha value is -2.36. The maximum atomic E-state index is 10.7. The van der Waals surface area contributed by atoms with Crippen molar-refractivity contribution in [2.45, 2.75) is 19.3 Å². The zero-order chi connectivity index (χ0) is 15.4. The molecule has 0 saturated carbocycles. The highest BCUT2D eigenvalue weighted by molar-refractivity contribution is 5.51. The molecule has 0 spiro atoms. The van der Waals surface area contributed by atoms with Crippen LogP contribution in [0, 0.1) is 16.0 Å². The van der Waals surface area contributed by atoms with E-state index < -0.39 is 0 Å². The maximum Gasteiger partial charge on any atom is 0.269 e. The molecular formula is C18H20N2O2. The van der Waals surface area contributed by atoms with E-state index in [0.717, 1.165) is 25.2 Å². The molecule has 1 heterocycles. The second-order valence-corrected chi connectivity index (χ2v) is 5.92. The standard InChI is InChI=1S/C18H20N2O2/c21-20(22)18-10-8-17(9-11-18)19-12-4-7-16(14-19)13-15-5-2-1-3-6-15/h1-3,5-6,8-11,16H,4,7,12-14H2. The molecule has 3 rings (SSSR count). The van der Waals surface area contributed by atoms with Gasteiger partial charge < -0.3 is 4.90 Å². The first-order chi connectivity index (χ1) is 10.7. The number of nitrogens with zero attached hydrogens (tertiary/aromatic N) is 2. The minimum Gasteiger partial charge on any atom is -0.371 e. The number of rotatable bonds is 4. The van der Waals surface area contributed by atoms with E-state index >= 15 is 0 Å². The summed E-state index contributed by atoms with van der Waals surface area (Å²) in [5.41, 5.74) is 2.63. The Labute approximate surface area is 130 Å². The molecule has 1 aliphatic rings. The Morgan fingerprint density at radius 2 is 1.82 bits per heavy atom. The van der Waals surface area contributed by atoms with Crippen LogP contribution in [-0.2, 0) is 6.42 Å². The number of hydrogen-bond acceptors (Lipinski definition) is 3. The lowest BCUT2D eigenvalue weighted by Gasteiger charge is -2.34. The summed E-state index contributed by atoms with van der Waals surface area (Å²) in [4.78, 5) is 12.7. The van der Waals surface area contributed by atoms with Gasteiger partial charge in [-0.1, -0.05) is 30.3 Å². The zero-order valence-electron chi connectivity index (χ0n) is 12.5. The number of piperidine rings is 1. The Bertz CT molecular complexity index is 625. The molecule has 1 fully saturated rings. The van der Waals surface area contributed by atoms with Crippen LogP contribution in [0.25, 0.3) is 0 Å². The van der Waals surface area contributed by atoms with Crippen LogP contribution in [0.15, 0.2) is 54.6 Å². The van der Waals surface area contributed by atoms with Crippen molar-refractivity contribution in [2.24, 2.45) is 5.92 Å². The third-order valence-electron chi connectivity index (χ3n) is 4.31. The van der Waals surface area contributed by atoms with Gasteiger partial charge in [0, 0.05) is 30.9 Å². The molecule has 4 heteroatoms. The lowest BCUT2D eigenvalue weighted by atomic mass is 9.91. The summed E-state index contributed by atoms with van der Waals surface area (Å²) in [6, 6.07) is 17.5. The van der Waals surface area contributed by atoms with Gasteiger partial charge in [-0.25, -0.2) is 0 Å². The van der Waals surface area contributed by atoms with Gasteiger partial charge in [0.25, 0.3) is 5.69 Å². The summed E-state index contributed by atoms with van der Waals surface area (Å²) in [6.45, 7) is 2.05. The lowest BCUT2D eigenvalue weighted by molar-refractivity contribution is -0.384. The van der Waals surface area contributed by atoms with Gasteiger partial charge in [-0.3, -0.25) is 10.1 Å². The first-order valence-electron chi connectivity index (χ1n) is 7.76. The lowest BCUT2D eigenvalue weighted by Crippen LogP contribution is -2.36. The Balaban J connectivity index is 1.66. The number of nitro groups is 1. The van der Waals surface area contributed by atoms with Crippen LogP contribution in [-0.4, -0.2) is 18.0 Å². The molecule has 1 atom stereocenters. The van der Waals surface area contributed by atoms with Crippen LogP contribution >= 0.6 is 0 Å². The van der Waals surface area contributed by atoms with Gasteiger partial charge in [0.15, 0.2) is 0 Å². The van der Waals surface area contributed by atoms with Gasteiger partial charge in [0.2, 0.25) is 0 Å². The van der Waals surface area contributed by atoms with Crippen LogP contribution in [0.2, 0.25) is 0 Å². The van der Waals surface area contributed by atoms with Crippen molar-refractivity contribution in [1.29, 1.82) is 0 Å². The Morgan fingerprint density at radius 3 is 2.50 bits per heavy atom. The van der Waals surface area contributed by atoms with Crippen molar-refractivity contribution in [3.63, 3.8) is 0 Å². The average molecular weight is 296 g/mol. The van der Waals surface area contributed by atoms with Gasteiger partial charge in [0.1, 0.15) is 0 Å². The van der Waals surface area contributed by atoms with Crippen LogP contribution in [0.3, 0.4) is 0 Å². The number of benzene rings is 2. The molecule has 0 N–H and O–H groups in total. The molecule has 2 aromatic rings. The van der Waals surface area contributed by atoms with Gasteiger partial charge >= 0.3 is 0 Å². The van der Waals surface area contributed by atoms with E-state index in [1.807, 2.05) is 18.2 Å². The highest BCUT2D eigenvalue weighted by Crippen LogP contribution is 2.26. The van der Waals surface area contributed by atoms with Gasteiger partial charge in [0.05, 0.1) is 4.92 Å². The first-order valence-corrected chi connectivity index (χ1v) is 7.76. The second-order valence-electron chi connectivity index (χ2n) is 5.92. The highest BCUT2D eigenvalue weighted by atomic mass is 16.6. The molecule has 114 valence electrons. The summed E-state index contributed by atoms with van der Waals surface area (Å²) in [7, 11) is 0. The van der Waals surface area contributed by atoms with Gasteiger partial charge in [-0.2, -0.15) is 0 Å². The first kappa shape index (κ1) is 14.6. The monoisotopic (exact) mass is 296 g/mol. The molecule has 4 nitrogen and oxygen atoms in total. The number of hydrogen-bond donors (Lipinski definition) is 0. The smallest absolute Gasteiger partial charge is 0.269 e. The molecule has 22 heavy (non-hydrogen) atoms. The molecule has 1 unspecified atom stereocenters. The SMILES string of the molecule is O=[N+]([O-])c1ccc(N2CCCC(Cc3ccccc3)C2)cc1. The summed E-state index contributed by atoms with van der Waals surface area (Å²) in [5.74, 6) is 0.645. The fourth-order valence-corrected chi connectivity index (χ4v) is 3.20. The minimum atomic E-state index is -0.349. The van der Waals surface area contributed by atoms with Crippen molar-refractivity contribution in [3.8, 4) is 0 Å². The largest absolute Gasteiger partial charge is 0.371 e. The fraction of sp³-hybridized carbons (Fsp3) is 0.333. The third-order valence-corrected chi connectivity index (χ3v) is 4.31. The van der Waals surface area contributed by atoms with Gasteiger partial charge in [-0.15, -0.1) is 0 Å². The average Bonchev–Trinajstić information content (AvgIpc) is 2.56. The van der Waals surface area contributed by atoms with Crippen molar-refractivity contribution >= 4 is 11.4 Å². The zero-order valence-corrected chi connectivity index (χ0v) is 12.5. The number of anilines is 1. The predicted octanol–water partition coefficient (Wildman–Crippen LogP) is 4.05. The summed E-state index contributed by atoms with van der Waals surface area (Å²) in [5, 5.41) is 10.7.